The predicted octanol–water partition coefficient (Wildman–Crippen LogP) is 3.55. The van der Waals surface area contributed by atoms with Gasteiger partial charge in [-0.2, -0.15) is 8.42 Å². The standard InChI is InChI=1S/C24H29ClN2O5S/c1-15(33(29,30)31)13-21(23(26)28)32-19-8-3-16-9-12-27-22(20(16)14-19)24(10-2-11-24)17-4-6-18(25)7-5-17/h3-8,14-15,21-22,27H,2,9-13H2,1H3,(H2,26,28)(H,29,30,31). The lowest BCUT2D eigenvalue weighted by Gasteiger charge is -2.50. The minimum atomic E-state index is -4.30. The van der Waals surface area contributed by atoms with Gasteiger partial charge in [0.05, 0.1) is 5.25 Å². The number of hydrogen-bond donors (Lipinski definition) is 3. The van der Waals surface area contributed by atoms with Gasteiger partial charge in [-0.05, 0) is 73.7 Å². The van der Waals surface area contributed by atoms with Crippen LogP contribution in [-0.4, -0.2) is 36.8 Å². The summed E-state index contributed by atoms with van der Waals surface area (Å²) >= 11 is 6.13. The third-order valence-corrected chi connectivity index (χ3v) is 8.50. The molecule has 1 aliphatic heterocycles. The summed E-state index contributed by atoms with van der Waals surface area (Å²) in [6.07, 6.45) is 2.70. The molecule has 0 aromatic heterocycles. The zero-order valence-electron chi connectivity index (χ0n) is 18.5. The van der Waals surface area contributed by atoms with Crippen LogP contribution in [0.25, 0.3) is 0 Å². The van der Waals surface area contributed by atoms with Gasteiger partial charge in [-0.25, -0.2) is 0 Å². The summed E-state index contributed by atoms with van der Waals surface area (Å²) in [5, 5.41) is 3.22. The maximum absolute atomic E-state index is 11.9. The highest BCUT2D eigenvalue weighted by atomic mass is 35.5. The molecule has 4 rings (SSSR count). The Kier molecular flexibility index (Phi) is 6.73. The summed E-state index contributed by atoms with van der Waals surface area (Å²) in [6.45, 7) is 2.18. The van der Waals surface area contributed by atoms with E-state index >= 15 is 0 Å². The number of fused-ring (bicyclic) bond motifs is 1. The number of nitrogens with two attached hydrogens (primary N) is 1. The van der Waals surface area contributed by atoms with Crippen molar-refractivity contribution in [3.63, 3.8) is 0 Å². The summed E-state index contributed by atoms with van der Waals surface area (Å²) in [5.74, 6) is -0.339. The average Bonchev–Trinajstić information content (AvgIpc) is 2.73. The first kappa shape index (κ1) is 24.0. The van der Waals surface area contributed by atoms with Gasteiger partial charge in [0, 0.05) is 22.9 Å². The summed E-state index contributed by atoms with van der Waals surface area (Å²) in [6, 6.07) is 13.8. The maximum Gasteiger partial charge on any atom is 0.267 e. The molecule has 1 amide bonds. The zero-order valence-corrected chi connectivity index (χ0v) is 20.0. The molecule has 1 fully saturated rings. The van der Waals surface area contributed by atoms with E-state index in [2.05, 4.69) is 17.4 Å². The van der Waals surface area contributed by atoms with E-state index in [1.807, 2.05) is 24.3 Å². The van der Waals surface area contributed by atoms with E-state index in [1.165, 1.54) is 18.1 Å². The third-order valence-electron chi connectivity index (χ3n) is 7.04. The molecule has 0 spiro atoms. The summed E-state index contributed by atoms with van der Waals surface area (Å²) < 4.78 is 37.9. The topological polar surface area (TPSA) is 119 Å². The van der Waals surface area contributed by atoms with Crippen molar-refractivity contribution in [3.8, 4) is 5.75 Å². The van der Waals surface area contributed by atoms with Gasteiger partial charge in [0.1, 0.15) is 5.75 Å². The van der Waals surface area contributed by atoms with E-state index in [-0.39, 0.29) is 17.9 Å². The summed E-state index contributed by atoms with van der Waals surface area (Å²) in [7, 11) is -4.30. The Morgan fingerprint density at radius 1 is 1.27 bits per heavy atom. The number of nitrogens with one attached hydrogen (secondary N) is 1. The number of halogens is 1. The van der Waals surface area contributed by atoms with Crippen molar-refractivity contribution in [1.82, 2.24) is 5.32 Å². The molecule has 1 saturated carbocycles. The monoisotopic (exact) mass is 492 g/mol. The number of carbonyl (C=O) groups excluding carboxylic acids is 1. The molecule has 3 unspecified atom stereocenters. The van der Waals surface area contributed by atoms with Gasteiger partial charge >= 0.3 is 0 Å². The fraction of sp³-hybridized carbons (Fsp3) is 0.458. The number of primary amides is 1. The summed E-state index contributed by atoms with van der Waals surface area (Å²) in [5.41, 5.74) is 8.98. The number of ether oxygens (including phenoxy) is 1. The normalized spacial score (nSPS) is 21.4. The highest BCUT2D eigenvalue weighted by Gasteiger charge is 2.47. The summed E-state index contributed by atoms with van der Waals surface area (Å²) in [4.78, 5) is 11.9. The minimum absolute atomic E-state index is 0.0546. The second-order valence-corrected chi connectivity index (χ2v) is 11.4. The quantitative estimate of drug-likeness (QED) is 0.485. The Morgan fingerprint density at radius 2 is 1.97 bits per heavy atom. The molecule has 0 saturated heterocycles. The van der Waals surface area contributed by atoms with Gasteiger partial charge in [-0.3, -0.25) is 9.35 Å². The molecular weight excluding hydrogens is 464 g/mol. The number of benzene rings is 2. The SMILES string of the molecule is CC(CC(Oc1ccc2c(c1)C(C1(c3ccc(Cl)cc3)CCC1)NCC2)C(N)=O)S(=O)(=O)O. The number of carbonyl (C=O) groups is 1. The van der Waals surface area contributed by atoms with Crippen molar-refractivity contribution >= 4 is 27.6 Å². The van der Waals surface area contributed by atoms with E-state index in [9.17, 15) is 17.8 Å². The number of amides is 1. The lowest BCUT2D eigenvalue weighted by atomic mass is 9.58. The van der Waals surface area contributed by atoms with Crippen molar-refractivity contribution in [2.75, 3.05) is 6.54 Å². The zero-order chi connectivity index (χ0) is 23.8. The Morgan fingerprint density at radius 3 is 2.55 bits per heavy atom. The predicted molar refractivity (Wildman–Crippen MR) is 127 cm³/mol. The van der Waals surface area contributed by atoms with Crippen LogP contribution >= 0.6 is 11.6 Å². The smallest absolute Gasteiger partial charge is 0.267 e. The molecule has 7 nitrogen and oxygen atoms in total. The van der Waals surface area contributed by atoms with E-state index in [1.54, 1.807) is 6.07 Å². The van der Waals surface area contributed by atoms with E-state index in [4.69, 9.17) is 22.1 Å². The Labute approximate surface area is 199 Å². The van der Waals surface area contributed by atoms with Gasteiger partial charge < -0.3 is 15.8 Å². The second kappa shape index (κ2) is 9.25. The third kappa shape index (κ3) is 4.89. The molecular formula is C24H29ClN2O5S. The van der Waals surface area contributed by atoms with Crippen LogP contribution in [0.3, 0.4) is 0 Å². The van der Waals surface area contributed by atoms with Crippen LogP contribution < -0.4 is 15.8 Å². The first-order valence-electron chi connectivity index (χ1n) is 11.1. The van der Waals surface area contributed by atoms with Crippen LogP contribution in [0.2, 0.25) is 5.02 Å². The van der Waals surface area contributed by atoms with Crippen LogP contribution in [0.15, 0.2) is 42.5 Å². The van der Waals surface area contributed by atoms with Gasteiger partial charge in [-0.15, -0.1) is 0 Å². The van der Waals surface area contributed by atoms with Gasteiger partial charge in [-0.1, -0.05) is 36.2 Å². The van der Waals surface area contributed by atoms with E-state index in [0.717, 1.165) is 37.8 Å². The van der Waals surface area contributed by atoms with Crippen LogP contribution in [0.1, 0.15) is 55.3 Å². The lowest BCUT2D eigenvalue weighted by Crippen LogP contribution is -2.49. The highest BCUT2D eigenvalue weighted by Crippen LogP contribution is 2.53. The minimum Gasteiger partial charge on any atom is -0.481 e. The van der Waals surface area contributed by atoms with Crippen LogP contribution in [-0.2, 0) is 26.7 Å². The molecule has 2 aromatic rings. The van der Waals surface area contributed by atoms with Crippen LogP contribution in [0.4, 0.5) is 0 Å². The first-order valence-corrected chi connectivity index (χ1v) is 13.0. The first-order chi connectivity index (χ1) is 15.6. The maximum atomic E-state index is 11.9. The van der Waals surface area contributed by atoms with E-state index in [0.29, 0.717) is 10.8 Å². The largest absolute Gasteiger partial charge is 0.481 e. The molecule has 178 valence electrons. The van der Waals surface area contributed by atoms with Crippen molar-refractivity contribution in [2.45, 2.75) is 61.8 Å². The van der Waals surface area contributed by atoms with Crippen molar-refractivity contribution in [1.29, 1.82) is 0 Å². The fourth-order valence-electron chi connectivity index (χ4n) is 4.99. The molecule has 0 bridgehead atoms. The van der Waals surface area contributed by atoms with Crippen molar-refractivity contribution in [2.24, 2.45) is 5.73 Å². The van der Waals surface area contributed by atoms with Crippen LogP contribution in [0.5, 0.6) is 5.75 Å². The molecule has 9 heteroatoms. The van der Waals surface area contributed by atoms with Gasteiger partial charge in [0.15, 0.2) is 6.10 Å². The second-order valence-electron chi connectivity index (χ2n) is 9.08. The Bertz CT molecular complexity index is 1130. The highest BCUT2D eigenvalue weighted by molar-refractivity contribution is 7.86. The van der Waals surface area contributed by atoms with Gasteiger partial charge in [0.2, 0.25) is 0 Å². The molecule has 1 heterocycles. The molecule has 2 aliphatic rings. The van der Waals surface area contributed by atoms with E-state index < -0.39 is 27.4 Å². The molecule has 3 atom stereocenters. The molecule has 4 N–H and O–H groups in total. The fourth-order valence-corrected chi connectivity index (χ4v) is 5.53. The Balaban J connectivity index is 1.64. The molecule has 1 aliphatic carbocycles. The lowest BCUT2D eigenvalue weighted by molar-refractivity contribution is -0.124. The molecule has 0 radical (unpaired) electrons. The molecule has 33 heavy (non-hydrogen) atoms. The van der Waals surface area contributed by atoms with Crippen LogP contribution in [0, 0.1) is 0 Å². The number of rotatable bonds is 8. The Hall–Kier alpha value is -2.13. The van der Waals surface area contributed by atoms with Crippen molar-refractivity contribution in [3.05, 3.63) is 64.2 Å². The number of hydrogen-bond acceptors (Lipinski definition) is 5. The average molecular weight is 493 g/mol. The van der Waals surface area contributed by atoms with Crippen molar-refractivity contribution < 1.29 is 22.5 Å². The molecule has 2 aromatic carbocycles. The van der Waals surface area contributed by atoms with Gasteiger partial charge in [0.25, 0.3) is 16.0 Å².